The number of nitrogens with two attached hydrogens (primary N) is 1. The van der Waals surface area contributed by atoms with Crippen LogP contribution < -0.4 is 5.73 Å². The summed E-state index contributed by atoms with van der Waals surface area (Å²) in [5, 5.41) is 8.94. The Morgan fingerprint density at radius 1 is 1.25 bits per heavy atom. The molecular formula is C9H11F2NO3S. The number of alkyl halides is 2. The molecule has 0 spiro atoms. The van der Waals surface area contributed by atoms with Crippen molar-refractivity contribution in [2.45, 2.75) is 10.8 Å². The van der Waals surface area contributed by atoms with Gasteiger partial charge in [0.05, 0.1) is 11.4 Å². The van der Waals surface area contributed by atoms with Crippen LogP contribution in [0.4, 0.5) is 8.78 Å². The van der Waals surface area contributed by atoms with Crippen molar-refractivity contribution < 1.29 is 22.3 Å². The van der Waals surface area contributed by atoms with Gasteiger partial charge in [0.15, 0.2) is 9.84 Å². The maximum absolute atomic E-state index is 12.9. The second kappa shape index (κ2) is 4.34. The van der Waals surface area contributed by atoms with Crippen molar-refractivity contribution in [3.63, 3.8) is 0 Å². The molecule has 0 saturated heterocycles. The Bertz CT molecular complexity index is 456. The topological polar surface area (TPSA) is 80.4 Å². The minimum absolute atomic E-state index is 0.135. The Kier molecular flexibility index (Phi) is 3.49. The third-order valence-corrected chi connectivity index (χ3v) is 3.69. The van der Waals surface area contributed by atoms with Gasteiger partial charge in [0, 0.05) is 0 Å². The van der Waals surface area contributed by atoms with Crippen LogP contribution >= 0.6 is 0 Å². The van der Waals surface area contributed by atoms with Crippen molar-refractivity contribution in [1.82, 2.24) is 0 Å². The van der Waals surface area contributed by atoms with E-state index in [1.165, 1.54) is 0 Å². The van der Waals surface area contributed by atoms with Crippen molar-refractivity contribution in [3.05, 3.63) is 24.3 Å². The molecule has 16 heavy (non-hydrogen) atoms. The van der Waals surface area contributed by atoms with Gasteiger partial charge in [0.25, 0.3) is 5.92 Å². The first-order valence-electron chi connectivity index (χ1n) is 4.36. The van der Waals surface area contributed by atoms with Crippen LogP contribution in [-0.2, 0) is 9.84 Å². The van der Waals surface area contributed by atoms with Crippen molar-refractivity contribution in [2.24, 2.45) is 5.73 Å². The minimum Gasteiger partial charge on any atom is -0.508 e. The van der Waals surface area contributed by atoms with Gasteiger partial charge in [0.1, 0.15) is 11.5 Å². The van der Waals surface area contributed by atoms with Crippen LogP contribution in [0.3, 0.4) is 0 Å². The van der Waals surface area contributed by atoms with Crippen LogP contribution in [0.1, 0.15) is 0 Å². The van der Waals surface area contributed by atoms with Crippen molar-refractivity contribution in [3.8, 4) is 5.75 Å². The van der Waals surface area contributed by atoms with Gasteiger partial charge in [-0.2, -0.15) is 0 Å². The molecule has 0 aliphatic rings. The van der Waals surface area contributed by atoms with E-state index in [-0.39, 0.29) is 10.6 Å². The molecule has 0 radical (unpaired) electrons. The van der Waals surface area contributed by atoms with E-state index in [0.29, 0.717) is 0 Å². The summed E-state index contributed by atoms with van der Waals surface area (Å²) in [5.74, 6) is -4.91. The molecule has 0 heterocycles. The fraction of sp³-hybridized carbons (Fsp3) is 0.333. The Hall–Kier alpha value is -1.21. The van der Waals surface area contributed by atoms with Gasteiger partial charge in [-0.25, -0.2) is 17.2 Å². The molecule has 0 aromatic heterocycles. The number of benzene rings is 1. The van der Waals surface area contributed by atoms with E-state index in [1.54, 1.807) is 0 Å². The van der Waals surface area contributed by atoms with Gasteiger partial charge in [-0.15, -0.1) is 0 Å². The quantitative estimate of drug-likeness (QED) is 0.827. The largest absolute Gasteiger partial charge is 0.508 e. The molecule has 90 valence electrons. The maximum Gasteiger partial charge on any atom is 0.274 e. The lowest BCUT2D eigenvalue weighted by atomic mass is 10.3. The van der Waals surface area contributed by atoms with E-state index >= 15 is 0 Å². The van der Waals surface area contributed by atoms with Crippen LogP contribution in [0.2, 0.25) is 0 Å². The summed E-state index contributed by atoms with van der Waals surface area (Å²) in [6.07, 6.45) is 0. The highest BCUT2D eigenvalue weighted by Gasteiger charge is 2.34. The monoisotopic (exact) mass is 251 g/mol. The lowest BCUT2D eigenvalue weighted by Crippen LogP contribution is -2.35. The number of phenolic OH excluding ortho intramolecular Hbond substituents is 1. The zero-order valence-corrected chi connectivity index (χ0v) is 9.05. The zero-order chi connectivity index (χ0) is 12.4. The van der Waals surface area contributed by atoms with Crippen molar-refractivity contribution in [1.29, 1.82) is 0 Å². The smallest absolute Gasteiger partial charge is 0.274 e. The fourth-order valence-electron chi connectivity index (χ4n) is 1.07. The van der Waals surface area contributed by atoms with E-state index < -0.39 is 28.1 Å². The van der Waals surface area contributed by atoms with Crippen molar-refractivity contribution in [2.75, 3.05) is 12.3 Å². The lowest BCUT2D eigenvalue weighted by Gasteiger charge is -2.13. The molecule has 0 amide bonds. The molecule has 7 heteroatoms. The van der Waals surface area contributed by atoms with Gasteiger partial charge < -0.3 is 10.8 Å². The summed E-state index contributed by atoms with van der Waals surface area (Å²) in [6, 6.07) is 4.37. The van der Waals surface area contributed by atoms with Crippen LogP contribution in [0, 0.1) is 0 Å². The van der Waals surface area contributed by atoms with Gasteiger partial charge in [-0.05, 0) is 24.3 Å². The first kappa shape index (κ1) is 12.9. The highest BCUT2D eigenvalue weighted by Crippen LogP contribution is 2.21. The molecule has 1 aromatic rings. The second-order valence-corrected chi connectivity index (χ2v) is 5.30. The predicted octanol–water partition coefficient (Wildman–Crippen LogP) is 0.760. The van der Waals surface area contributed by atoms with E-state index in [9.17, 15) is 17.2 Å². The summed E-state index contributed by atoms with van der Waals surface area (Å²) in [5.41, 5.74) is 4.76. The van der Waals surface area contributed by atoms with Crippen molar-refractivity contribution >= 4 is 9.84 Å². The minimum atomic E-state index is -4.09. The third kappa shape index (κ3) is 3.14. The number of aromatic hydroxyl groups is 1. The molecule has 3 N–H and O–H groups in total. The molecular weight excluding hydrogens is 240 g/mol. The molecule has 1 aromatic carbocycles. The summed E-state index contributed by atoms with van der Waals surface area (Å²) in [6.45, 7) is -1.02. The molecule has 0 bridgehead atoms. The van der Waals surface area contributed by atoms with Gasteiger partial charge >= 0.3 is 0 Å². The van der Waals surface area contributed by atoms with Gasteiger partial charge in [-0.3, -0.25) is 0 Å². The van der Waals surface area contributed by atoms with Crippen LogP contribution in [-0.4, -0.2) is 31.7 Å². The average Bonchev–Trinajstić information content (AvgIpc) is 2.17. The number of sulfone groups is 1. The molecule has 1 rings (SSSR count). The SMILES string of the molecule is NCC(F)(F)CS(=O)(=O)c1ccc(O)cc1. The number of rotatable bonds is 4. The summed E-state index contributed by atoms with van der Waals surface area (Å²) in [4.78, 5) is -0.265. The standard InChI is InChI=1S/C9H11F2NO3S/c10-9(11,5-12)6-16(14,15)8-3-1-7(13)2-4-8/h1-4,13H,5-6,12H2. The molecule has 0 aliphatic carbocycles. The lowest BCUT2D eigenvalue weighted by molar-refractivity contribution is 0.0357. The summed E-state index contributed by atoms with van der Waals surface area (Å²) < 4.78 is 48.7. The molecule has 0 fully saturated rings. The molecule has 4 nitrogen and oxygen atoms in total. The predicted molar refractivity (Wildman–Crippen MR) is 54.2 cm³/mol. The number of phenols is 1. The third-order valence-electron chi connectivity index (χ3n) is 1.90. The normalized spacial score (nSPS) is 12.7. The van der Waals surface area contributed by atoms with Crippen LogP contribution in [0.25, 0.3) is 0 Å². The second-order valence-electron chi connectivity index (χ2n) is 3.31. The number of halogens is 2. The van der Waals surface area contributed by atoms with Crippen LogP contribution in [0.15, 0.2) is 29.2 Å². The van der Waals surface area contributed by atoms with Gasteiger partial charge in [0.2, 0.25) is 0 Å². The maximum atomic E-state index is 12.9. The Balaban J connectivity index is 2.99. The zero-order valence-electron chi connectivity index (χ0n) is 8.23. The molecule has 0 aliphatic heterocycles. The first-order valence-corrected chi connectivity index (χ1v) is 6.02. The van der Waals surface area contributed by atoms with Crippen LogP contribution in [0.5, 0.6) is 5.75 Å². The number of hydrogen-bond donors (Lipinski definition) is 2. The van der Waals surface area contributed by atoms with Gasteiger partial charge in [-0.1, -0.05) is 0 Å². The average molecular weight is 251 g/mol. The Morgan fingerprint density at radius 3 is 2.19 bits per heavy atom. The van der Waals surface area contributed by atoms with E-state index in [2.05, 4.69) is 0 Å². The first-order chi connectivity index (χ1) is 7.27. The highest BCUT2D eigenvalue weighted by atomic mass is 32.2. The highest BCUT2D eigenvalue weighted by molar-refractivity contribution is 7.91. The fourth-order valence-corrected chi connectivity index (χ4v) is 2.47. The Morgan fingerprint density at radius 2 is 1.75 bits per heavy atom. The molecule has 0 saturated carbocycles. The summed E-state index contributed by atoms with van der Waals surface area (Å²) in [7, 11) is -4.09. The van der Waals surface area contributed by atoms with E-state index in [4.69, 9.17) is 10.8 Å². The van der Waals surface area contributed by atoms with E-state index in [0.717, 1.165) is 24.3 Å². The molecule has 0 atom stereocenters. The Labute approximate surface area is 91.6 Å². The summed E-state index contributed by atoms with van der Waals surface area (Å²) >= 11 is 0. The molecule has 0 unspecified atom stereocenters. The van der Waals surface area contributed by atoms with E-state index in [1.807, 2.05) is 0 Å². The number of hydrogen-bond acceptors (Lipinski definition) is 4.